The van der Waals surface area contributed by atoms with Gasteiger partial charge in [-0.05, 0) is 30.7 Å². The molecule has 0 unspecified atom stereocenters. The molecule has 0 saturated carbocycles. The van der Waals surface area contributed by atoms with Crippen molar-refractivity contribution in [3.63, 3.8) is 0 Å². The van der Waals surface area contributed by atoms with E-state index >= 15 is 0 Å². The fourth-order valence-corrected chi connectivity index (χ4v) is 4.76. The van der Waals surface area contributed by atoms with E-state index in [4.69, 9.17) is 4.74 Å². The lowest BCUT2D eigenvalue weighted by molar-refractivity contribution is -0.384. The van der Waals surface area contributed by atoms with Gasteiger partial charge in [0.2, 0.25) is 10.0 Å². The molecule has 0 radical (unpaired) electrons. The molecule has 0 amide bonds. The van der Waals surface area contributed by atoms with Gasteiger partial charge in [-0.15, -0.1) is 0 Å². The topological polar surface area (TPSA) is 119 Å². The molecule has 1 aliphatic rings. The molecule has 3 aromatic rings. The molecule has 2 aromatic heterocycles. The molecule has 158 valence electrons. The Morgan fingerprint density at radius 3 is 2.70 bits per heavy atom. The zero-order valence-corrected chi connectivity index (χ0v) is 17.1. The molecule has 11 heteroatoms. The largest absolute Gasteiger partial charge is 0.379 e. The van der Waals surface area contributed by atoms with Gasteiger partial charge in [0.1, 0.15) is 11.3 Å². The number of pyridine rings is 1. The number of nitrogens with one attached hydrogen (secondary N) is 1. The van der Waals surface area contributed by atoms with Gasteiger partial charge in [-0.1, -0.05) is 6.07 Å². The summed E-state index contributed by atoms with van der Waals surface area (Å²) in [5, 5.41) is 14.6. The number of aromatic nitrogens is 2. The van der Waals surface area contributed by atoms with Crippen LogP contribution in [0.5, 0.6) is 0 Å². The number of anilines is 1. The molecule has 1 aliphatic heterocycles. The third-order valence-electron chi connectivity index (χ3n) is 4.88. The summed E-state index contributed by atoms with van der Waals surface area (Å²) in [6, 6.07) is 7.75. The highest BCUT2D eigenvalue weighted by Gasteiger charge is 2.28. The summed E-state index contributed by atoms with van der Waals surface area (Å²) in [5.41, 5.74) is 2.50. The van der Waals surface area contributed by atoms with Crippen LogP contribution in [0.3, 0.4) is 0 Å². The van der Waals surface area contributed by atoms with E-state index in [-0.39, 0.29) is 35.9 Å². The molecular weight excluding hydrogens is 410 g/mol. The Kier molecular flexibility index (Phi) is 5.41. The molecule has 1 N–H and O–H groups in total. The van der Waals surface area contributed by atoms with Gasteiger partial charge in [0.05, 0.1) is 35.3 Å². The fraction of sp³-hybridized carbons (Fsp3) is 0.316. The highest BCUT2D eigenvalue weighted by atomic mass is 32.2. The number of rotatable bonds is 6. The molecule has 0 atom stereocenters. The Labute approximate surface area is 173 Å². The first-order chi connectivity index (χ1) is 14.3. The normalized spacial score (nSPS) is 15.4. The predicted molar refractivity (Wildman–Crippen MR) is 110 cm³/mol. The van der Waals surface area contributed by atoms with Crippen LogP contribution in [0, 0.1) is 17.0 Å². The fourth-order valence-electron chi connectivity index (χ4n) is 3.33. The minimum absolute atomic E-state index is 0.107. The maximum Gasteiger partial charge on any atom is 0.293 e. The van der Waals surface area contributed by atoms with Crippen LogP contribution in [0.15, 0.2) is 47.6 Å². The number of fused-ring (bicyclic) bond motifs is 1. The Hall–Kier alpha value is -3.02. The lowest BCUT2D eigenvalue weighted by atomic mass is 10.2. The van der Waals surface area contributed by atoms with Gasteiger partial charge in [-0.2, -0.15) is 4.31 Å². The molecule has 10 nitrogen and oxygen atoms in total. The third kappa shape index (κ3) is 3.99. The second-order valence-electron chi connectivity index (χ2n) is 7.01. The molecule has 0 aliphatic carbocycles. The predicted octanol–water partition coefficient (Wildman–Crippen LogP) is 2.18. The van der Waals surface area contributed by atoms with Gasteiger partial charge < -0.3 is 14.5 Å². The van der Waals surface area contributed by atoms with Crippen molar-refractivity contribution < 1.29 is 18.1 Å². The van der Waals surface area contributed by atoms with Crippen LogP contribution in [-0.2, 0) is 21.3 Å². The Morgan fingerprint density at radius 1 is 1.20 bits per heavy atom. The summed E-state index contributed by atoms with van der Waals surface area (Å²) in [5.74, 6) is 0. The van der Waals surface area contributed by atoms with Gasteiger partial charge in [0, 0.05) is 31.5 Å². The van der Waals surface area contributed by atoms with Gasteiger partial charge in [0.25, 0.3) is 5.69 Å². The average Bonchev–Trinajstić information content (AvgIpc) is 3.14. The molecule has 0 bridgehead atoms. The summed E-state index contributed by atoms with van der Waals surface area (Å²) in [4.78, 5) is 15.4. The van der Waals surface area contributed by atoms with Crippen molar-refractivity contribution in [3.05, 3.63) is 64.1 Å². The van der Waals surface area contributed by atoms with Crippen molar-refractivity contribution in [2.24, 2.45) is 0 Å². The Morgan fingerprint density at radius 2 is 1.97 bits per heavy atom. The van der Waals surface area contributed by atoms with Gasteiger partial charge in [0.15, 0.2) is 0 Å². The number of hydrogen-bond acceptors (Lipinski definition) is 7. The van der Waals surface area contributed by atoms with E-state index in [0.29, 0.717) is 18.9 Å². The summed E-state index contributed by atoms with van der Waals surface area (Å²) in [7, 11) is -3.82. The highest BCUT2D eigenvalue weighted by molar-refractivity contribution is 7.89. The maximum atomic E-state index is 12.8. The number of sulfonamides is 1. The van der Waals surface area contributed by atoms with Crippen molar-refractivity contribution >= 4 is 27.0 Å². The lowest BCUT2D eigenvalue weighted by Crippen LogP contribution is -2.40. The molecule has 3 heterocycles. The van der Waals surface area contributed by atoms with Crippen LogP contribution >= 0.6 is 0 Å². The van der Waals surface area contributed by atoms with E-state index in [9.17, 15) is 18.5 Å². The summed E-state index contributed by atoms with van der Waals surface area (Å²) in [6.45, 7) is 3.30. The number of nitro benzene ring substituents is 1. The number of ether oxygens (including phenoxy) is 1. The SMILES string of the molecule is Cc1ccc2nc(CNc3ccc(S(=O)(=O)N4CCOCC4)cc3[N+](=O)[O-])cn2c1. The Bertz CT molecular complexity index is 1200. The minimum Gasteiger partial charge on any atom is -0.379 e. The zero-order valence-electron chi connectivity index (χ0n) is 16.3. The van der Waals surface area contributed by atoms with Crippen molar-refractivity contribution in [2.75, 3.05) is 31.6 Å². The first-order valence-electron chi connectivity index (χ1n) is 9.39. The average molecular weight is 431 g/mol. The van der Waals surface area contributed by atoms with Gasteiger partial charge >= 0.3 is 0 Å². The number of morpholine rings is 1. The minimum atomic E-state index is -3.82. The molecular formula is C19H21N5O5S. The summed E-state index contributed by atoms with van der Waals surface area (Å²) < 4.78 is 33.9. The van der Waals surface area contributed by atoms with Crippen LogP contribution in [0.4, 0.5) is 11.4 Å². The first-order valence-corrected chi connectivity index (χ1v) is 10.8. The highest BCUT2D eigenvalue weighted by Crippen LogP contribution is 2.29. The number of imidazole rings is 1. The number of nitrogens with zero attached hydrogens (tertiary/aromatic N) is 4. The number of benzene rings is 1. The van der Waals surface area contributed by atoms with Crippen LogP contribution < -0.4 is 5.32 Å². The molecule has 1 saturated heterocycles. The number of nitro groups is 1. The van der Waals surface area contributed by atoms with E-state index in [1.54, 1.807) is 0 Å². The molecule has 30 heavy (non-hydrogen) atoms. The lowest BCUT2D eigenvalue weighted by Gasteiger charge is -2.26. The van der Waals surface area contributed by atoms with E-state index in [1.165, 1.54) is 16.4 Å². The van der Waals surface area contributed by atoms with Crippen molar-refractivity contribution in [2.45, 2.75) is 18.4 Å². The van der Waals surface area contributed by atoms with Gasteiger partial charge in [-0.25, -0.2) is 13.4 Å². The second kappa shape index (κ2) is 8.01. The van der Waals surface area contributed by atoms with E-state index in [0.717, 1.165) is 17.3 Å². The van der Waals surface area contributed by atoms with Crippen LogP contribution in [-0.4, -0.2) is 53.3 Å². The van der Waals surface area contributed by atoms with Gasteiger partial charge in [-0.3, -0.25) is 10.1 Å². The van der Waals surface area contributed by atoms with Crippen molar-refractivity contribution in [3.8, 4) is 0 Å². The van der Waals surface area contributed by atoms with Crippen molar-refractivity contribution in [1.82, 2.24) is 13.7 Å². The second-order valence-corrected chi connectivity index (χ2v) is 8.95. The summed E-state index contributed by atoms with van der Waals surface area (Å²) in [6.07, 6.45) is 3.79. The standard InChI is InChI=1S/C19H21N5O5S/c1-14-2-5-19-21-15(13-22(19)12-14)11-20-17-4-3-16(10-18(17)24(25)26)30(27,28)23-6-8-29-9-7-23/h2-5,10,12-13,20H,6-9,11H2,1H3. The third-order valence-corrected chi connectivity index (χ3v) is 6.78. The van der Waals surface area contributed by atoms with Crippen LogP contribution in [0.25, 0.3) is 5.65 Å². The van der Waals surface area contributed by atoms with Crippen molar-refractivity contribution in [1.29, 1.82) is 0 Å². The maximum absolute atomic E-state index is 12.8. The Balaban J connectivity index is 1.57. The molecule has 4 rings (SSSR count). The van der Waals surface area contributed by atoms with Crippen LogP contribution in [0.1, 0.15) is 11.3 Å². The molecule has 1 fully saturated rings. The monoisotopic (exact) mass is 431 g/mol. The quantitative estimate of drug-likeness (QED) is 0.469. The molecule has 0 spiro atoms. The van der Waals surface area contributed by atoms with E-state index in [2.05, 4.69) is 10.3 Å². The van der Waals surface area contributed by atoms with E-state index in [1.807, 2.05) is 35.9 Å². The first kappa shape index (κ1) is 20.3. The molecule has 1 aromatic carbocycles. The number of aryl methyl sites for hydroxylation is 1. The number of hydrogen-bond donors (Lipinski definition) is 1. The van der Waals surface area contributed by atoms with Crippen LogP contribution in [0.2, 0.25) is 0 Å². The summed E-state index contributed by atoms with van der Waals surface area (Å²) >= 11 is 0. The smallest absolute Gasteiger partial charge is 0.293 e. The van der Waals surface area contributed by atoms with E-state index < -0.39 is 14.9 Å². The zero-order chi connectivity index (χ0) is 21.3.